The summed E-state index contributed by atoms with van der Waals surface area (Å²) < 4.78 is 0. The lowest BCUT2D eigenvalue weighted by Crippen LogP contribution is -2.53. The van der Waals surface area contributed by atoms with E-state index in [4.69, 9.17) is 5.11 Å². The van der Waals surface area contributed by atoms with Crippen molar-refractivity contribution in [1.29, 1.82) is 0 Å². The number of carbonyl (C=O) groups is 1. The van der Waals surface area contributed by atoms with Crippen molar-refractivity contribution in [3.8, 4) is 0 Å². The van der Waals surface area contributed by atoms with Crippen molar-refractivity contribution in [2.24, 2.45) is 0 Å². The summed E-state index contributed by atoms with van der Waals surface area (Å²) >= 11 is 0. The maximum absolute atomic E-state index is 11.1. The van der Waals surface area contributed by atoms with Crippen LogP contribution in [0.1, 0.15) is 18.1 Å². The highest BCUT2D eigenvalue weighted by Crippen LogP contribution is 2.18. The summed E-state index contributed by atoms with van der Waals surface area (Å²) in [4.78, 5) is 14.9. The molecule has 0 spiro atoms. The molecule has 2 rings (SSSR count). The number of hydrogen-bond acceptors (Lipinski definition) is 3. The highest BCUT2D eigenvalue weighted by molar-refractivity contribution is 5.65. The molecule has 0 radical (unpaired) electrons. The lowest BCUT2D eigenvalue weighted by Gasteiger charge is -2.38. The number of hydrogen-bond donors (Lipinski definition) is 2. The number of nitrogens with zero attached hydrogens (tertiary/aromatic N) is 2. The van der Waals surface area contributed by atoms with Gasteiger partial charge in [-0.05, 0) is 37.1 Å². The molecular weight excluding hydrogens is 254 g/mol. The molecule has 110 valence electrons. The number of benzene rings is 1. The first kappa shape index (κ1) is 14.7. The molecule has 0 aromatic heterocycles. The summed E-state index contributed by atoms with van der Waals surface area (Å²) in [6.45, 7) is 7.14. The zero-order valence-corrected chi connectivity index (χ0v) is 12.4. The van der Waals surface area contributed by atoms with Crippen LogP contribution in [0.3, 0.4) is 0 Å². The Balaban J connectivity index is 2.00. The number of aryl methyl sites for hydroxylation is 1. The molecule has 1 saturated heterocycles. The highest BCUT2D eigenvalue weighted by atomic mass is 16.4. The molecule has 5 nitrogen and oxygen atoms in total. The second-order valence-electron chi connectivity index (χ2n) is 5.45. The third-order valence-corrected chi connectivity index (χ3v) is 3.98. The Morgan fingerprint density at radius 3 is 2.75 bits per heavy atom. The standard InChI is InChI=1S/C15H23N3O2/c1-11-8-14(16-3)5-4-13(11)10-17-6-7-18(15(19)20)12(2)9-17/h4-5,8,12,16H,6-7,9-10H2,1-3H3,(H,19,20)/t12-/m0/s1. The molecule has 1 amide bonds. The van der Waals surface area contributed by atoms with Gasteiger partial charge >= 0.3 is 6.09 Å². The SMILES string of the molecule is CNc1ccc(CN2CCN(C(=O)O)[C@@H](C)C2)c(C)c1. The monoisotopic (exact) mass is 277 g/mol. The van der Waals surface area contributed by atoms with Gasteiger partial charge in [-0.2, -0.15) is 0 Å². The molecule has 0 unspecified atom stereocenters. The average molecular weight is 277 g/mol. The first-order chi connectivity index (χ1) is 9.51. The van der Waals surface area contributed by atoms with E-state index in [9.17, 15) is 4.79 Å². The first-order valence-corrected chi connectivity index (χ1v) is 7.00. The van der Waals surface area contributed by atoms with Crippen molar-refractivity contribution in [2.75, 3.05) is 32.0 Å². The fourth-order valence-corrected chi connectivity index (χ4v) is 2.73. The maximum atomic E-state index is 11.1. The van der Waals surface area contributed by atoms with Gasteiger partial charge in [0.05, 0.1) is 0 Å². The van der Waals surface area contributed by atoms with Crippen LogP contribution in [0, 0.1) is 6.92 Å². The zero-order valence-electron chi connectivity index (χ0n) is 12.4. The zero-order chi connectivity index (χ0) is 14.7. The summed E-state index contributed by atoms with van der Waals surface area (Å²) in [6, 6.07) is 6.43. The lowest BCUT2D eigenvalue weighted by molar-refractivity contribution is 0.0710. The van der Waals surface area contributed by atoms with Gasteiger partial charge in [-0.15, -0.1) is 0 Å². The number of amides is 1. The smallest absolute Gasteiger partial charge is 0.407 e. The van der Waals surface area contributed by atoms with Crippen LogP contribution in [0.15, 0.2) is 18.2 Å². The normalized spacial score (nSPS) is 19.9. The van der Waals surface area contributed by atoms with Crippen molar-refractivity contribution in [3.63, 3.8) is 0 Å². The predicted molar refractivity (Wildman–Crippen MR) is 80.2 cm³/mol. The van der Waals surface area contributed by atoms with Crippen molar-refractivity contribution < 1.29 is 9.90 Å². The summed E-state index contributed by atoms with van der Waals surface area (Å²) in [7, 11) is 1.92. The van der Waals surface area contributed by atoms with Gasteiger partial charge in [0.1, 0.15) is 0 Å². The third-order valence-electron chi connectivity index (χ3n) is 3.98. The van der Waals surface area contributed by atoms with Crippen LogP contribution >= 0.6 is 0 Å². The number of anilines is 1. The van der Waals surface area contributed by atoms with Gasteiger partial charge in [-0.1, -0.05) is 6.07 Å². The van der Waals surface area contributed by atoms with Crippen LogP contribution in [0.4, 0.5) is 10.5 Å². The largest absolute Gasteiger partial charge is 0.465 e. The Morgan fingerprint density at radius 2 is 2.20 bits per heavy atom. The highest BCUT2D eigenvalue weighted by Gasteiger charge is 2.27. The van der Waals surface area contributed by atoms with Gasteiger partial charge in [0, 0.05) is 45.0 Å². The minimum absolute atomic E-state index is 0.0538. The third kappa shape index (κ3) is 3.22. The van der Waals surface area contributed by atoms with Gasteiger partial charge < -0.3 is 15.3 Å². The maximum Gasteiger partial charge on any atom is 0.407 e. The number of piperazine rings is 1. The molecule has 1 fully saturated rings. The topological polar surface area (TPSA) is 55.8 Å². The van der Waals surface area contributed by atoms with Crippen LogP contribution in [-0.4, -0.2) is 53.7 Å². The Bertz CT molecular complexity index is 490. The number of carboxylic acid groups (broad SMARTS) is 1. The van der Waals surface area contributed by atoms with Gasteiger partial charge in [-0.25, -0.2) is 4.79 Å². The molecule has 1 aromatic carbocycles. The van der Waals surface area contributed by atoms with E-state index in [0.717, 1.165) is 25.3 Å². The predicted octanol–water partition coefficient (Wildman–Crippen LogP) is 2.22. The van der Waals surface area contributed by atoms with E-state index in [2.05, 4.69) is 35.3 Å². The van der Waals surface area contributed by atoms with E-state index in [0.29, 0.717) is 6.54 Å². The molecule has 0 bridgehead atoms. The van der Waals surface area contributed by atoms with E-state index in [1.807, 2.05) is 14.0 Å². The van der Waals surface area contributed by atoms with Gasteiger partial charge in [0.2, 0.25) is 0 Å². The Hall–Kier alpha value is -1.75. The first-order valence-electron chi connectivity index (χ1n) is 7.00. The van der Waals surface area contributed by atoms with Gasteiger partial charge in [0.15, 0.2) is 0 Å². The fraction of sp³-hybridized carbons (Fsp3) is 0.533. The summed E-state index contributed by atoms with van der Waals surface area (Å²) in [5.41, 5.74) is 3.69. The van der Waals surface area contributed by atoms with Crippen molar-refractivity contribution in [3.05, 3.63) is 29.3 Å². The molecule has 1 aromatic rings. The van der Waals surface area contributed by atoms with Crippen LogP contribution < -0.4 is 5.32 Å². The second kappa shape index (κ2) is 6.13. The molecule has 1 heterocycles. The minimum atomic E-state index is -0.813. The average Bonchev–Trinajstić information content (AvgIpc) is 2.40. The van der Waals surface area contributed by atoms with Gasteiger partial charge in [-0.3, -0.25) is 4.90 Å². The Kier molecular flexibility index (Phi) is 4.49. The van der Waals surface area contributed by atoms with Crippen LogP contribution in [0.5, 0.6) is 0 Å². The molecule has 0 saturated carbocycles. The molecule has 2 N–H and O–H groups in total. The van der Waals surface area contributed by atoms with Gasteiger partial charge in [0.25, 0.3) is 0 Å². The summed E-state index contributed by atoms with van der Waals surface area (Å²) in [6.07, 6.45) is -0.813. The second-order valence-corrected chi connectivity index (χ2v) is 5.45. The quantitative estimate of drug-likeness (QED) is 0.889. The molecule has 20 heavy (non-hydrogen) atoms. The van der Waals surface area contributed by atoms with Crippen LogP contribution in [-0.2, 0) is 6.54 Å². The van der Waals surface area contributed by atoms with E-state index in [1.165, 1.54) is 16.0 Å². The van der Waals surface area contributed by atoms with E-state index >= 15 is 0 Å². The molecule has 1 aliphatic heterocycles. The van der Waals surface area contributed by atoms with E-state index < -0.39 is 6.09 Å². The summed E-state index contributed by atoms with van der Waals surface area (Å²) in [5.74, 6) is 0. The van der Waals surface area contributed by atoms with Crippen LogP contribution in [0.2, 0.25) is 0 Å². The lowest BCUT2D eigenvalue weighted by atomic mass is 10.1. The van der Waals surface area contributed by atoms with Crippen molar-refractivity contribution in [1.82, 2.24) is 9.80 Å². The fourth-order valence-electron chi connectivity index (χ4n) is 2.73. The molecule has 0 aliphatic carbocycles. The summed E-state index contributed by atoms with van der Waals surface area (Å²) in [5, 5.41) is 12.2. The molecule has 1 atom stereocenters. The van der Waals surface area contributed by atoms with E-state index in [-0.39, 0.29) is 6.04 Å². The van der Waals surface area contributed by atoms with E-state index in [1.54, 1.807) is 0 Å². The molecule has 1 aliphatic rings. The molecular formula is C15H23N3O2. The number of rotatable bonds is 3. The minimum Gasteiger partial charge on any atom is -0.465 e. The van der Waals surface area contributed by atoms with Crippen molar-refractivity contribution >= 4 is 11.8 Å². The Morgan fingerprint density at radius 1 is 1.45 bits per heavy atom. The molecule has 5 heteroatoms. The van der Waals surface area contributed by atoms with Crippen molar-refractivity contribution in [2.45, 2.75) is 26.4 Å². The number of nitrogens with one attached hydrogen (secondary N) is 1. The Labute approximate surface area is 120 Å². The van der Waals surface area contributed by atoms with Crippen LogP contribution in [0.25, 0.3) is 0 Å².